The van der Waals surface area contributed by atoms with Gasteiger partial charge in [-0.25, -0.2) is 4.98 Å². The largest absolute Gasteiger partial charge is 0.369 e. The summed E-state index contributed by atoms with van der Waals surface area (Å²) < 4.78 is 0. The zero-order valence-corrected chi connectivity index (χ0v) is 8.01. The summed E-state index contributed by atoms with van der Waals surface area (Å²) in [6, 6.07) is 0. The molecule has 0 spiro atoms. The highest BCUT2D eigenvalue weighted by molar-refractivity contribution is 5.40. The van der Waals surface area contributed by atoms with E-state index in [0.29, 0.717) is 5.95 Å². The van der Waals surface area contributed by atoms with Crippen molar-refractivity contribution in [1.82, 2.24) is 9.97 Å². The molecule has 0 atom stereocenters. The van der Waals surface area contributed by atoms with Gasteiger partial charge in [-0.15, -0.1) is 0 Å². The molecule has 2 fully saturated rings. The molecule has 3 rings (SSSR count). The van der Waals surface area contributed by atoms with Gasteiger partial charge in [-0.1, -0.05) is 0 Å². The Hall–Kier alpha value is -1.07. The van der Waals surface area contributed by atoms with Gasteiger partial charge in [-0.05, 0) is 25.7 Å². The quantitative estimate of drug-likeness (QED) is 0.525. The molecule has 0 bridgehead atoms. The zero-order valence-electron chi connectivity index (χ0n) is 8.01. The number of anilines is 1. The van der Waals surface area contributed by atoms with Crippen molar-refractivity contribution in [3.8, 4) is 0 Å². The molecule has 1 aromatic heterocycles. The fraction of sp³-hybridized carbons (Fsp3) is 0.667. The summed E-state index contributed by atoms with van der Waals surface area (Å²) in [5, 5.41) is 0. The number of aromatic amines is 1. The summed E-state index contributed by atoms with van der Waals surface area (Å²) in [6.45, 7) is 0. The van der Waals surface area contributed by atoms with Crippen LogP contribution in [0.5, 0.6) is 0 Å². The van der Waals surface area contributed by atoms with Gasteiger partial charge in [0.05, 0.1) is 22.5 Å². The molecule has 5 heteroatoms. The van der Waals surface area contributed by atoms with Crippen LogP contribution in [0.1, 0.15) is 37.1 Å². The summed E-state index contributed by atoms with van der Waals surface area (Å²) in [7, 11) is 0. The average Bonchev–Trinajstić information content (AvgIpc) is 2.99. The lowest BCUT2D eigenvalue weighted by atomic mass is 10.1. The number of hydrogen-bond donors (Lipinski definition) is 4. The highest BCUT2D eigenvalue weighted by Gasteiger charge is 2.51. The van der Waals surface area contributed by atoms with Crippen molar-refractivity contribution in [3.63, 3.8) is 0 Å². The van der Waals surface area contributed by atoms with Crippen LogP contribution in [0.3, 0.4) is 0 Å². The van der Waals surface area contributed by atoms with Crippen molar-refractivity contribution in [2.75, 3.05) is 5.73 Å². The van der Waals surface area contributed by atoms with Gasteiger partial charge in [-0.3, -0.25) is 0 Å². The lowest BCUT2D eigenvalue weighted by molar-refractivity contribution is 0.644. The standard InChI is InChI=1S/C9H15N5/c10-7-13-5(8(11)1-2-8)6(14-7)9(12)3-4-9/h1-4,11-12H2,(H3,10,13,14). The second-order valence-electron chi connectivity index (χ2n) is 4.66. The van der Waals surface area contributed by atoms with E-state index in [1.54, 1.807) is 0 Å². The number of nitrogens with two attached hydrogens (primary N) is 3. The summed E-state index contributed by atoms with van der Waals surface area (Å²) in [5.41, 5.74) is 19.3. The van der Waals surface area contributed by atoms with Crippen LogP contribution >= 0.6 is 0 Å². The first-order chi connectivity index (χ1) is 6.54. The van der Waals surface area contributed by atoms with Crippen LogP contribution in [0.2, 0.25) is 0 Å². The van der Waals surface area contributed by atoms with Gasteiger partial charge in [0, 0.05) is 0 Å². The summed E-state index contributed by atoms with van der Waals surface area (Å²) >= 11 is 0. The molecule has 0 radical (unpaired) electrons. The van der Waals surface area contributed by atoms with Gasteiger partial charge < -0.3 is 22.2 Å². The number of nitrogens with one attached hydrogen (secondary N) is 1. The molecule has 0 unspecified atom stereocenters. The van der Waals surface area contributed by atoms with Crippen LogP contribution in [-0.4, -0.2) is 9.97 Å². The zero-order chi connectivity index (χ0) is 9.97. The van der Waals surface area contributed by atoms with E-state index in [0.717, 1.165) is 37.1 Å². The minimum Gasteiger partial charge on any atom is -0.369 e. The van der Waals surface area contributed by atoms with E-state index in [1.165, 1.54) is 0 Å². The maximum atomic E-state index is 6.12. The predicted molar refractivity (Wildman–Crippen MR) is 53.2 cm³/mol. The molecule has 0 amide bonds. The van der Waals surface area contributed by atoms with Gasteiger partial charge in [0.1, 0.15) is 0 Å². The number of hydrogen-bond acceptors (Lipinski definition) is 4. The fourth-order valence-corrected chi connectivity index (χ4v) is 1.87. The number of rotatable bonds is 2. The van der Waals surface area contributed by atoms with E-state index in [1.807, 2.05) is 0 Å². The maximum absolute atomic E-state index is 6.12. The van der Waals surface area contributed by atoms with Gasteiger partial charge in [0.15, 0.2) is 5.95 Å². The maximum Gasteiger partial charge on any atom is 0.198 e. The lowest BCUT2D eigenvalue weighted by Gasteiger charge is -2.12. The van der Waals surface area contributed by atoms with Crippen LogP contribution in [-0.2, 0) is 11.1 Å². The van der Waals surface area contributed by atoms with Crippen molar-refractivity contribution in [1.29, 1.82) is 0 Å². The molecule has 2 aliphatic rings. The van der Waals surface area contributed by atoms with Crippen LogP contribution in [0, 0.1) is 0 Å². The Morgan fingerprint density at radius 1 is 1.07 bits per heavy atom. The van der Waals surface area contributed by atoms with E-state index in [2.05, 4.69) is 9.97 Å². The van der Waals surface area contributed by atoms with Crippen molar-refractivity contribution in [2.45, 2.75) is 36.8 Å². The Labute approximate surface area is 82.1 Å². The minimum absolute atomic E-state index is 0.227. The number of nitrogen functional groups attached to an aromatic ring is 1. The third kappa shape index (κ3) is 0.994. The Morgan fingerprint density at radius 3 is 2.14 bits per heavy atom. The van der Waals surface area contributed by atoms with E-state index in [9.17, 15) is 0 Å². The van der Waals surface area contributed by atoms with Crippen molar-refractivity contribution in [2.24, 2.45) is 11.5 Å². The Kier molecular flexibility index (Phi) is 1.25. The minimum atomic E-state index is -0.252. The van der Waals surface area contributed by atoms with Crippen LogP contribution in [0.15, 0.2) is 0 Å². The monoisotopic (exact) mass is 193 g/mol. The second kappa shape index (κ2) is 2.12. The summed E-state index contributed by atoms with van der Waals surface area (Å²) in [5.74, 6) is 0.434. The van der Waals surface area contributed by atoms with Crippen LogP contribution in [0.4, 0.5) is 5.95 Å². The lowest BCUT2D eigenvalue weighted by Crippen LogP contribution is -2.27. The molecule has 14 heavy (non-hydrogen) atoms. The molecule has 1 heterocycles. The summed E-state index contributed by atoms with van der Waals surface area (Å²) in [6.07, 6.45) is 3.97. The third-order valence-corrected chi connectivity index (χ3v) is 3.27. The Bertz CT molecular complexity index is 350. The van der Waals surface area contributed by atoms with Crippen LogP contribution < -0.4 is 17.2 Å². The van der Waals surface area contributed by atoms with Gasteiger partial charge >= 0.3 is 0 Å². The van der Waals surface area contributed by atoms with Crippen LogP contribution in [0.25, 0.3) is 0 Å². The average molecular weight is 193 g/mol. The van der Waals surface area contributed by atoms with Crippen molar-refractivity contribution in [3.05, 3.63) is 11.4 Å². The molecule has 0 saturated heterocycles. The van der Waals surface area contributed by atoms with E-state index < -0.39 is 0 Å². The van der Waals surface area contributed by atoms with E-state index in [-0.39, 0.29) is 11.1 Å². The Balaban J connectivity index is 2.10. The third-order valence-electron chi connectivity index (χ3n) is 3.27. The van der Waals surface area contributed by atoms with Crippen molar-refractivity contribution >= 4 is 5.95 Å². The van der Waals surface area contributed by atoms with E-state index in [4.69, 9.17) is 17.2 Å². The van der Waals surface area contributed by atoms with Crippen molar-refractivity contribution < 1.29 is 0 Å². The highest BCUT2D eigenvalue weighted by Crippen LogP contribution is 2.50. The molecule has 5 nitrogen and oxygen atoms in total. The van der Waals surface area contributed by atoms with Gasteiger partial charge in [-0.2, -0.15) is 0 Å². The summed E-state index contributed by atoms with van der Waals surface area (Å²) in [4.78, 5) is 7.32. The topological polar surface area (TPSA) is 107 Å². The number of aromatic nitrogens is 2. The molecule has 0 aliphatic heterocycles. The fourth-order valence-electron chi connectivity index (χ4n) is 1.87. The Morgan fingerprint density at radius 2 is 1.64 bits per heavy atom. The predicted octanol–water partition coefficient (Wildman–Crippen LogP) is -0.113. The smallest absolute Gasteiger partial charge is 0.198 e. The SMILES string of the molecule is Nc1nc(C2(N)CC2)c(C2(N)CC2)[nH]1. The molecule has 7 N–H and O–H groups in total. The first-order valence-electron chi connectivity index (χ1n) is 4.98. The number of imidazole rings is 1. The number of nitrogens with zero attached hydrogens (tertiary/aromatic N) is 1. The van der Waals surface area contributed by atoms with Gasteiger partial charge in [0.2, 0.25) is 0 Å². The molecule has 2 aliphatic carbocycles. The first kappa shape index (κ1) is 8.26. The van der Waals surface area contributed by atoms with Gasteiger partial charge in [0.25, 0.3) is 0 Å². The molecular weight excluding hydrogens is 178 g/mol. The molecule has 76 valence electrons. The highest BCUT2D eigenvalue weighted by atomic mass is 15.1. The molecule has 0 aromatic carbocycles. The first-order valence-corrected chi connectivity index (χ1v) is 4.98. The molecule has 1 aromatic rings. The molecule has 2 saturated carbocycles. The second-order valence-corrected chi connectivity index (χ2v) is 4.66. The normalized spacial score (nSPS) is 26.1. The van der Waals surface area contributed by atoms with E-state index >= 15 is 0 Å². The number of H-pyrrole nitrogens is 1. The molecular formula is C9H15N5.